The number of hydrazone groups is 1. The van der Waals surface area contributed by atoms with E-state index in [9.17, 15) is 9.18 Å². The van der Waals surface area contributed by atoms with E-state index in [1.165, 1.54) is 23.9 Å². The van der Waals surface area contributed by atoms with Crippen LogP contribution in [0.5, 0.6) is 0 Å². The fourth-order valence-corrected chi connectivity index (χ4v) is 4.65. The van der Waals surface area contributed by atoms with E-state index in [0.717, 1.165) is 22.9 Å². The highest BCUT2D eigenvalue weighted by Crippen LogP contribution is 2.35. The predicted octanol–water partition coefficient (Wildman–Crippen LogP) is 2.08. The van der Waals surface area contributed by atoms with Crippen LogP contribution >= 0.6 is 11.8 Å². The molecule has 156 valence electrons. The van der Waals surface area contributed by atoms with Gasteiger partial charge in [-0.1, -0.05) is 23.9 Å². The third-order valence-corrected chi connectivity index (χ3v) is 6.32. The van der Waals surface area contributed by atoms with Gasteiger partial charge in [0.05, 0.1) is 30.6 Å². The minimum absolute atomic E-state index is 0.0263. The Labute approximate surface area is 177 Å². The van der Waals surface area contributed by atoms with Gasteiger partial charge in [0, 0.05) is 12.4 Å². The van der Waals surface area contributed by atoms with Crippen molar-refractivity contribution in [3.63, 3.8) is 0 Å². The van der Waals surface area contributed by atoms with Gasteiger partial charge in [0.1, 0.15) is 17.7 Å². The fraction of sp³-hybridized carbons (Fsp3) is 0.300. The molecule has 2 aromatic rings. The fourth-order valence-electron chi connectivity index (χ4n) is 3.84. The van der Waals surface area contributed by atoms with Gasteiger partial charge in [-0.25, -0.2) is 9.82 Å². The van der Waals surface area contributed by atoms with Gasteiger partial charge in [-0.2, -0.15) is 5.10 Å². The van der Waals surface area contributed by atoms with Crippen LogP contribution in [0.4, 0.5) is 4.39 Å². The molecular weight excluding hydrogens is 407 g/mol. The van der Waals surface area contributed by atoms with Gasteiger partial charge in [-0.3, -0.25) is 10.2 Å². The van der Waals surface area contributed by atoms with Crippen molar-refractivity contribution in [3.05, 3.63) is 72.2 Å². The maximum atomic E-state index is 13.2. The molecule has 0 bridgehead atoms. The number of amidine groups is 1. The number of hydrogen-bond acceptors (Lipinski definition) is 8. The zero-order valence-electron chi connectivity index (χ0n) is 16.0. The SMILES string of the molecule is O=C(CSC1=NNC2C3CC(c4ccc(F)cc4)NN3C=CN12)NCc1ccco1. The molecule has 4 heterocycles. The first kappa shape index (κ1) is 19.0. The largest absolute Gasteiger partial charge is 0.467 e. The Morgan fingerprint density at radius 1 is 1.30 bits per heavy atom. The van der Waals surface area contributed by atoms with E-state index in [2.05, 4.69) is 31.2 Å². The van der Waals surface area contributed by atoms with Crippen LogP contribution in [0.1, 0.15) is 23.8 Å². The Bertz CT molecular complexity index is 964. The number of rotatable bonds is 5. The summed E-state index contributed by atoms with van der Waals surface area (Å²) < 4.78 is 18.4. The van der Waals surface area contributed by atoms with E-state index in [1.807, 2.05) is 30.6 Å². The highest BCUT2D eigenvalue weighted by atomic mass is 32.2. The molecule has 3 unspecified atom stereocenters. The van der Waals surface area contributed by atoms with Gasteiger partial charge in [0.25, 0.3) is 0 Å². The lowest BCUT2D eigenvalue weighted by Gasteiger charge is -2.36. The van der Waals surface area contributed by atoms with Crippen LogP contribution in [0.15, 0.2) is 64.6 Å². The number of furan rings is 1. The van der Waals surface area contributed by atoms with E-state index in [1.54, 1.807) is 12.3 Å². The Morgan fingerprint density at radius 3 is 2.97 bits per heavy atom. The summed E-state index contributed by atoms with van der Waals surface area (Å²) in [7, 11) is 0. The van der Waals surface area contributed by atoms with E-state index < -0.39 is 0 Å². The Morgan fingerprint density at radius 2 is 2.17 bits per heavy atom. The molecule has 1 aromatic heterocycles. The number of nitrogens with zero attached hydrogens (tertiary/aromatic N) is 3. The number of benzene rings is 1. The van der Waals surface area contributed by atoms with Gasteiger partial charge < -0.3 is 19.6 Å². The molecule has 1 aromatic carbocycles. The van der Waals surface area contributed by atoms with Crippen LogP contribution in [-0.4, -0.2) is 38.9 Å². The molecule has 10 heteroatoms. The molecule has 8 nitrogen and oxygen atoms in total. The number of hydrogen-bond donors (Lipinski definition) is 3. The summed E-state index contributed by atoms with van der Waals surface area (Å²) in [6, 6.07) is 10.5. The quantitative estimate of drug-likeness (QED) is 0.672. The standard InChI is InChI=1S/C20H21FN6O2S/c21-14-5-3-13(4-6-14)16-10-17-19-23-24-20(26(19)7-8-27(17)25-16)30-12-18(28)22-11-15-2-1-9-29-15/h1-9,16-17,19,23,25H,10-12H2,(H,22,28). The number of halogens is 1. The minimum atomic E-state index is -0.235. The first-order valence-corrected chi connectivity index (χ1v) is 10.7. The average molecular weight is 428 g/mol. The second kappa shape index (κ2) is 8.04. The summed E-state index contributed by atoms with van der Waals surface area (Å²) in [5.41, 5.74) is 7.70. The maximum Gasteiger partial charge on any atom is 0.230 e. The third-order valence-electron chi connectivity index (χ3n) is 5.35. The maximum absolute atomic E-state index is 13.2. The van der Waals surface area contributed by atoms with Crippen molar-refractivity contribution in [2.75, 3.05) is 5.75 Å². The molecular formula is C20H21FN6O2S. The monoisotopic (exact) mass is 428 g/mol. The molecule has 3 aliphatic heterocycles. The van der Waals surface area contributed by atoms with Crippen LogP contribution in [-0.2, 0) is 11.3 Å². The molecule has 0 saturated carbocycles. The van der Waals surface area contributed by atoms with Crippen molar-refractivity contribution in [3.8, 4) is 0 Å². The topological polar surface area (TPSA) is 85.1 Å². The first-order valence-electron chi connectivity index (χ1n) is 9.69. The number of fused-ring (bicyclic) bond motifs is 3. The van der Waals surface area contributed by atoms with Crippen LogP contribution in [0, 0.1) is 5.82 Å². The lowest BCUT2D eigenvalue weighted by molar-refractivity contribution is -0.118. The molecule has 5 rings (SSSR count). The lowest BCUT2D eigenvalue weighted by Crippen LogP contribution is -2.54. The number of carbonyl (C=O) groups excluding carboxylic acids is 1. The zero-order valence-corrected chi connectivity index (χ0v) is 16.8. The van der Waals surface area contributed by atoms with Gasteiger partial charge >= 0.3 is 0 Å². The molecule has 1 saturated heterocycles. The minimum Gasteiger partial charge on any atom is -0.467 e. The number of thioether (sulfide) groups is 1. The lowest BCUT2D eigenvalue weighted by atomic mass is 10.00. The second-order valence-corrected chi connectivity index (χ2v) is 8.20. The van der Waals surface area contributed by atoms with Crippen molar-refractivity contribution < 1.29 is 13.6 Å². The first-order chi connectivity index (χ1) is 14.7. The molecule has 0 radical (unpaired) electrons. The molecule has 30 heavy (non-hydrogen) atoms. The summed E-state index contributed by atoms with van der Waals surface area (Å²) in [4.78, 5) is 14.2. The number of nitrogens with one attached hydrogen (secondary N) is 3. The van der Waals surface area contributed by atoms with Crippen LogP contribution < -0.4 is 16.2 Å². The Hall–Kier alpha value is -2.98. The van der Waals surface area contributed by atoms with Crippen molar-refractivity contribution in [1.82, 2.24) is 26.1 Å². The predicted molar refractivity (Wildman–Crippen MR) is 111 cm³/mol. The Balaban J connectivity index is 1.16. The molecule has 3 N–H and O–H groups in total. The van der Waals surface area contributed by atoms with Gasteiger partial charge in [-0.05, 0) is 36.2 Å². The third kappa shape index (κ3) is 3.75. The summed E-state index contributed by atoms with van der Waals surface area (Å²) in [6.07, 6.45) is 6.33. The molecule has 1 fully saturated rings. The molecule has 3 atom stereocenters. The van der Waals surface area contributed by atoms with E-state index in [-0.39, 0.29) is 35.7 Å². The summed E-state index contributed by atoms with van der Waals surface area (Å²) in [5.74, 6) is 0.672. The van der Waals surface area contributed by atoms with Gasteiger partial charge in [-0.15, -0.1) is 0 Å². The zero-order chi connectivity index (χ0) is 20.5. The highest BCUT2D eigenvalue weighted by Gasteiger charge is 2.44. The van der Waals surface area contributed by atoms with Crippen LogP contribution in [0.25, 0.3) is 0 Å². The van der Waals surface area contributed by atoms with Gasteiger partial charge in [0.15, 0.2) is 5.17 Å². The Kier molecular flexibility index (Phi) is 5.09. The van der Waals surface area contributed by atoms with Crippen molar-refractivity contribution >= 4 is 22.8 Å². The summed E-state index contributed by atoms with van der Waals surface area (Å²) in [5, 5.41) is 10.1. The number of carbonyl (C=O) groups is 1. The van der Waals surface area contributed by atoms with Crippen LogP contribution in [0.2, 0.25) is 0 Å². The molecule has 1 amide bonds. The van der Waals surface area contributed by atoms with Crippen molar-refractivity contribution in [1.29, 1.82) is 0 Å². The molecule has 0 aliphatic carbocycles. The van der Waals surface area contributed by atoms with E-state index in [4.69, 9.17) is 4.42 Å². The number of amides is 1. The van der Waals surface area contributed by atoms with Gasteiger partial charge in [0.2, 0.25) is 5.91 Å². The summed E-state index contributed by atoms with van der Waals surface area (Å²) >= 11 is 1.39. The molecule has 3 aliphatic rings. The van der Waals surface area contributed by atoms with Crippen LogP contribution in [0.3, 0.4) is 0 Å². The number of hydrazine groups is 1. The highest BCUT2D eigenvalue weighted by molar-refractivity contribution is 8.14. The van der Waals surface area contributed by atoms with E-state index in [0.29, 0.717) is 6.54 Å². The normalized spacial score (nSPS) is 24.3. The summed E-state index contributed by atoms with van der Waals surface area (Å²) in [6.45, 7) is 0.372. The van der Waals surface area contributed by atoms with E-state index >= 15 is 0 Å². The average Bonchev–Trinajstić information content (AvgIpc) is 3.50. The van der Waals surface area contributed by atoms with Crippen molar-refractivity contribution in [2.24, 2.45) is 5.10 Å². The smallest absolute Gasteiger partial charge is 0.230 e. The molecule has 0 spiro atoms. The van der Waals surface area contributed by atoms with Crippen molar-refractivity contribution in [2.45, 2.75) is 31.2 Å². The second-order valence-electron chi connectivity index (χ2n) is 7.26.